The van der Waals surface area contributed by atoms with Crippen molar-refractivity contribution in [1.82, 2.24) is 8.69 Å². The minimum atomic E-state index is -3.45. The van der Waals surface area contributed by atoms with Crippen molar-refractivity contribution in [3.05, 3.63) is 100.0 Å². The Hall–Kier alpha value is -3.07. The van der Waals surface area contributed by atoms with Crippen LogP contribution in [0.25, 0.3) is 21.9 Å². The second kappa shape index (κ2) is 12.2. The first-order valence-corrected chi connectivity index (χ1v) is 15.1. The van der Waals surface area contributed by atoms with E-state index in [1.165, 1.54) is 0 Å². The Balaban J connectivity index is 1.59. The standard InChI is InChI=1S/C30H34N2O4S2/c1-5-6-9-26-19-25-15-12-22(4)18-28(25)30(33)32(26)20-23-13-16-24(17-14-23)27-10-7-8-11-29(27)36-37-31-38(34,35)21(2)3/h7-8,10-19,21,31H,5-6,9,20H2,1-4H3. The predicted octanol–water partition coefficient (Wildman–Crippen LogP) is 6.64. The van der Waals surface area contributed by atoms with E-state index >= 15 is 0 Å². The van der Waals surface area contributed by atoms with E-state index in [0.717, 1.165) is 58.0 Å². The van der Waals surface area contributed by atoms with Crippen LogP contribution < -0.4 is 13.9 Å². The van der Waals surface area contributed by atoms with Gasteiger partial charge in [-0.15, -0.1) is 4.13 Å². The zero-order valence-electron chi connectivity index (χ0n) is 22.2. The smallest absolute Gasteiger partial charge is 0.258 e. The van der Waals surface area contributed by atoms with Crippen molar-refractivity contribution in [2.45, 2.75) is 58.8 Å². The zero-order chi connectivity index (χ0) is 27.3. The van der Waals surface area contributed by atoms with Crippen LogP contribution in [0, 0.1) is 6.92 Å². The van der Waals surface area contributed by atoms with Crippen molar-refractivity contribution < 1.29 is 12.6 Å². The molecule has 0 radical (unpaired) electrons. The van der Waals surface area contributed by atoms with Gasteiger partial charge in [-0.1, -0.05) is 73.5 Å². The van der Waals surface area contributed by atoms with Crippen LogP contribution in [0.5, 0.6) is 5.75 Å². The van der Waals surface area contributed by atoms with Crippen molar-refractivity contribution in [2.75, 3.05) is 0 Å². The second-order valence-electron chi connectivity index (χ2n) is 9.76. The largest absolute Gasteiger partial charge is 0.408 e. The molecule has 0 saturated heterocycles. The van der Waals surface area contributed by atoms with Gasteiger partial charge < -0.3 is 8.75 Å². The highest BCUT2D eigenvalue weighted by Crippen LogP contribution is 2.32. The van der Waals surface area contributed by atoms with Crippen LogP contribution >= 0.6 is 12.2 Å². The molecule has 1 aromatic heterocycles. The van der Waals surface area contributed by atoms with E-state index in [1.807, 2.05) is 72.2 Å². The Morgan fingerprint density at radius 2 is 1.74 bits per heavy atom. The Labute approximate surface area is 229 Å². The van der Waals surface area contributed by atoms with Crippen LogP contribution in [0.15, 0.2) is 77.6 Å². The number of hydrogen-bond donors (Lipinski definition) is 1. The monoisotopic (exact) mass is 550 g/mol. The maximum absolute atomic E-state index is 13.5. The molecule has 0 atom stereocenters. The van der Waals surface area contributed by atoms with Crippen molar-refractivity contribution in [2.24, 2.45) is 0 Å². The van der Waals surface area contributed by atoms with Crippen LogP contribution in [0.4, 0.5) is 0 Å². The molecule has 6 nitrogen and oxygen atoms in total. The lowest BCUT2D eigenvalue weighted by atomic mass is 10.0. The van der Waals surface area contributed by atoms with Crippen molar-refractivity contribution >= 4 is 33.0 Å². The lowest BCUT2D eigenvalue weighted by Crippen LogP contribution is -2.26. The molecule has 38 heavy (non-hydrogen) atoms. The summed E-state index contributed by atoms with van der Waals surface area (Å²) in [6.07, 6.45) is 2.95. The molecule has 0 aliphatic rings. The number of unbranched alkanes of at least 4 members (excludes halogenated alkanes) is 1. The summed E-state index contributed by atoms with van der Waals surface area (Å²) in [5.74, 6) is 0.555. The molecular formula is C30H34N2O4S2. The molecule has 1 heterocycles. The molecule has 8 heteroatoms. The SMILES string of the molecule is CCCCc1cc2ccc(C)cc2c(=O)n1Cc1ccc(-c2ccccc2OSNS(=O)(=O)C(C)C)cc1. The Kier molecular flexibility index (Phi) is 8.97. The highest BCUT2D eigenvalue weighted by atomic mass is 32.3. The van der Waals surface area contributed by atoms with E-state index in [9.17, 15) is 13.2 Å². The summed E-state index contributed by atoms with van der Waals surface area (Å²) in [7, 11) is -3.45. The lowest BCUT2D eigenvalue weighted by Gasteiger charge is -2.16. The Morgan fingerprint density at radius 3 is 2.45 bits per heavy atom. The van der Waals surface area contributed by atoms with E-state index < -0.39 is 15.3 Å². The lowest BCUT2D eigenvalue weighted by molar-refractivity contribution is 0.582. The number of hydrogen-bond acceptors (Lipinski definition) is 5. The van der Waals surface area contributed by atoms with Crippen molar-refractivity contribution in [3.63, 3.8) is 0 Å². The average molecular weight is 551 g/mol. The highest BCUT2D eigenvalue weighted by molar-refractivity contribution is 8.07. The number of sulfonamides is 1. The van der Waals surface area contributed by atoms with Gasteiger partial charge in [-0.05, 0) is 68.3 Å². The molecule has 200 valence electrons. The third kappa shape index (κ3) is 6.49. The molecule has 4 aromatic rings. The minimum absolute atomic E-state index is 0.0426. The van der Waals surface area contributed by atoms with Crippen molar-refractivity contribution in [1.29, 1.82) is 0 Å². The van der Waals surface area contributed by atoms with Crippen LogP contribution in [-0.4, -0.2) is 18.2 Å². The molecule has 0 saturated carbocycles. The fraction of sp³-hybridized carbons (Fsp3) is 0.300. The normalized spacial score (nSPS) is 11.8. The van der Waals surface area contributed by atoms with Gasteiger partial charge in [0.2, 0.25) is 10.0 Å². The van der Waals surface area contributed by atoms with Crippen LogP contribution in [-0.2, 0) is 23.0 Å². The third-order valence-electron chi connectivity index (χ3n) is 6.53. The molecule has 0 fully saturated rings. The van der Waals surface area contributed by atoms with E-state index in [0.29, 0.717) is 24.5 Å². The maximum Gasteiger partial charge on any atom is 0.258 e. The van der Waals surface area contributed by atoms with Crippen LogP contribution in [0.2, 0.25) is 0 Å². The summed E-state index contributed by atoms with van der Waals surface area (Å²) >= 11 is 0.691. The van der Waals surface area contributed by atoms with Gasteiger partial charge in [0, 0.05) is 16.6 Å². The summed E-state index contributed by atoms with van der Waals surface area (Å²) in [6, 6.07) is 23.7. The summed E-state index contributed by atoms with van der Waals surface area (Å²) in [5, 5.41) is 1.19. The van der Waals surface area contributed by atoms with Gasteiger partial charge in [0.05, 0.1) is 11.8 Å². The number of nitrogens with one attached hydrogen (secondary N) is 1. The number of pyridine rings is 1. The Morgan fingerprint density at radius 1 is 1.00 bits per heavy atom. The summed E-state index contributed by atoms with van der Waals surface area (Å²) < 4.78 is 34.0. The first-order chi connectivity index (χ1) is 18.2. The molecule has 4 rings (SSSR count). The molecule has 0 bridgehead atoms. The van der Waals surface area contributed by atoms with Gasteiger partial charge in [0.1, 0.15) is 5.75 Å². The van der Waals surface area contributed by atoms with Gasteiger partial charge in [-0.3, -0.25) is 4.79 Å². The number of fused-ring (bicyclic) bond motifs is 1. The second-order valence-corrected chi connectivity index (χ2v) is 12.8. The van der Waals surface area contributed by atoms with Gasteiger partial charge in [0.15, 0.2) is 12.2 Å². The van der Waals surface area contributed by atoms with E-state index in [4.69, 9.17) is 4.18 Å². The quantitative estimate of drug-likeness (QED) is 0.167. The van der Waals surface area contributed by atoms with Crippen LogP contribution in [0.1, 0.15) is 50.4 Å². The number of para-hydroxylation sites is 1. The number of nitrogens with zero attached hydrogens (tertiary/aromatic N) is 1. The van der Waals surface area contributed by atoms with Gasteiger partial charge >= 0.3 is 0 Å². The minimum Gasteiger partial charge on any atom is -0.408 e. The summed E-state index contributed by atoms with van der Waals surface area (Å²) in [6.45, 7) is 7.88. The maximum atomic E-state index is 13.5. The fourth-order valence-electron chi connectivity index (χ4n) is 4.21. The molecule has 1 N–H and O–H groups in total. The Bertz CT molecular complexity index is 1580. The highest BCUT2D eigenvalue weighted by Gasteiger charge is 2.17. The van der Waals surface area contributed by atoms with Crippen molar-refractivity contribution in [3.8, 4) is 16.9 Å². The number of aromatic nitrogens is 1. The first-order valence-electron chi connectivity index (χ1n) is 12.8. The van der Waals surface area contributed by atoms with Gasteiger partial charge in [0.25, 0.3) is 5.56 Å². The zero-order valence-corrected chi connectivity index (χ0v) is 23.9. The summed E-state index contributed by atoms with van der Waals surface area (Å²) in [4.78, 5) is 13.5. The molecule has 0 amide bonds. The topological polar surface area (TPSA) is 77.4 Å². The number of aryl methyl sites for hydroxylation is 2. The predicted molar refractivity (Wildman–Crippen MR) is 158 cm³/mol. The van der Waals surface area contributed by atoms with E-state index in [2.05, 4.69) is 17.1 Å². The molecule has 0 unspecified atom stereocenters. The van der Waals surface area contributed by atoms with E-state index in [-0.39, 0.29) is 5.56 Å². The average Bonchev–Trinajstić information content (AvgIpc) is 2.90. The first kappa shape index (κ1) is 28.0. The number of benzene rings is 3. The molecule has 3 aromatic carbocycles. The molecule has 0 aliphatic carbocycles. The fourth-order valence-corrected chi connectivity index (χ4v) is 5.73. The molecule has 0 aliphatic heterocycles. The van der Waals surface area contributed by atoms with E-state index in [1.54, 1.807) is 19.9 Å². The third-order valence-corrected chi connectivity index (χ3v) is 9.24. The summed E-state index contributed by atoms with van der Waals surface area (Å²) in [5.41, 5.74) is 4.97. The molecule has 0 spiro atoms. The number of rotatable bonds is 11. The molecular weight excluding hydrogens is 516 g/mol. The van der Waals surface area contributed by atoms with Crippen LogP contribution in [0.3, 0.4) is 0 Å². The van der Waals surface area contributed by atoms with Gasteiger partial charge in [-0.2, -0.15) is 0 Å². The van der Waals surface area contributed by atoms with Gasteiger partial charge in [-0.25, -0.2) is 8.42 Å².